The number of nitrogens with two attached hydrogens (primary N) is 1. The lowest BCUT2D eigenvalue weighted by Crippen LogP contribution is -1.97. The van der Waals surface area contributed by atoms with Crippen LogP contribution in [-0.4, -0.2) is 22.1 Å². The van der Waals surface area contributed by atoms with Crippen LogP contribution in [0.1, 0.15) is 0 Å². The molecule has 1 aromatic heterocycles. The molecule has 0 saturated heterocycles. The Morgan fingerprint density at radius 3 is 2.74 bits per heavy atom. The summed E-state index contributed by atoms with van der Waals surface area (Å²) in [6.07, 6.45) is 0. The summed E-state index contributed by atoms with van der Waals surface area (Å²) in [7, 11) is 1.63. The first-order chi connectivity index (χ1) is 8.78. The van der Waals surface area contributed by atoms with Gasteiger partial charge in [0, 0.05) is 11.8 Å². The van der Waals surface area contributed by atoms with Crippen LogP contribution >= 0.6 is 12.4 Å². The van der Waals surface area contributed by atoms with Crippen LogP contribution in [-0.2, 0) is 0 Å². The second kappa shape index (κ2) is 5.16. The minimum atomic E-state index is 0. The highest BCUT2D eigenvalue weighted by Crippen LogP contribution is 2.21. The molecular weight excluding hydrogens is 264 g/mol. The number of fused-ring (bicyclic) bond motifs is 1. The van der Waals surface area contributed by atoms with Crippen LogP contribution in [0.2, 0.25) is 0 Å². The van der Waals surface area contributed by atoms with E-state index in [1.54, 1.807) is 11.8 Å². The Hall–Kier alpha value is -2.27. The van der Waals surface area contributed by atoms with Gasteiger partial charge in [-0.25, -0.2) is 4.68 Å². The van der Waals surface area contributed by atoms with E-state index in [4.69, 9.17) is 10.5 Å². The number of nitrogen functional groups attached to an aromatic ring is 1. The van der Waals surface area contributed by atoms with Crippen LogP contribution in [0.3, 0.4) is 0 Å². The van der Waals surface area contributed by atoms with Gasteiger partial charge in [-0.15, -0.1) is 17.5 Å². The third kappa shape index (κ3) is 2.32. The van der Waals surface area contributed by atoms with Gasteiger partial charge in [-0.05, 0) is 30.3 Å². The summed E-state index contributed by atoms with van der Waals surface area (Å²) < 4.78 is 6.91. The number of hydrogen-bond donors (Lipinski definition) is 1. The molecule has 5 nitrogen and oxygen atoms in total. The lowest BCUT2D eigenvalue weighted by molar-refractivity contribution is 0.415. The normalized spacial score (nSPS) is 10.2. The van der Waals surface area contributed by atoms with Gasteiger partial charge in [-0.3, -0.25) is 0 Å². The van der Waals surface area contributed by atoms with Crippen LogP contribution in [0.4, 0.5) is 5.69 Å². The molecule has 0 aliphatic carbocycles. The lowest BCUT2D eigenvalue weighted by Gasteiger charge is -2.03. The molecule has 19 heavy (non-hydrogen) atoms. The van der Waals surface area contributed by atoms with Gasteiger partial charge in [0.2, 0.25) is 0 Å². The lowest BCUT2D eigenvalue weighted by atomic mass is 10.2. The molecule has 2 aromatic carbocycles. The Bertz CT molecular complexity index is 711. The molecule has 2 N–H and O–H groups in total. The fraction of sp³-hybridized carbons (Fsp3) is 0.0769. The van der Waals surface area contributed by atoms with Crippen molar-refractivity contribution >= 4 is 29.1 Å². The van der Waals surface area contributed by atoms with Gasteiger partial charge in [0.15, 0.2) is 0 Å². The largest absolute Gasteiger partial charge is 0.497 e. The molecule has 0 spiro atoms. The Kier molecular flexibility index (Phi) is 3.57. The molecule has 0 aliphatic heterocycles. The van der Waals surface area contributed by atoms with Gasteiger partial charge in [0.05, 0.1) is 18.3 Å². The minimum Gasteiger partial charge on any atom is -0.497 e. The van der Waals surface area contributed by atoms with Crippen molar-refractivity contribution in [3.8, 4) is 11.4 Å². The predicted octanol–water partition coefficient (Wildman–Crippen LogP) is 2.43. The fourth-order valence-electron chi connectivity index (χ4n) is 1.88. The molecule has 98 valence electrons. The second-order valence-corrected chi connectivity index (χ2v) is 3.95. The highest BCUT2D eigenvalue weighted by Gasteiger charge is 2.07. The molecule has 0 saturated carbocycles. The van der Waals surface area contributed by atoms with Crippen LogP contribution in [0.25, 0.3) is 16.7 Å². The SMILES string of the molecule is COc1ccc2c(c1)nnn2-c1cccc(N)c1.Cl. The van der Waals surface area contributed by atoms with Crippen molar-refractivity contribution in [2.45, 2.75) is 0 Å². The first-order valence-electron chi connectivity index (χ1n) is 5.53. The topological polar surface area (TPSA) is 66.0 Å². The van der Waals surface area contributed by atoms with Gasteiger partial charge < -0.3 is 10.5 Å². The van der Waals surface area contributed by atoms with Gasteiger partial charge in [-0.2, -0.15) is 0 Å². The Morgan fingerprint density at radius 2 is 2.00 bits per heavy atom. The van der Waals surface area contributed by atoms with Crippen LogP contribution in [0.5, 0.6) is 5.75 Å². The second-order valence-electron chi connectivity index (χ2n) is 3.95. The number of halogens is 1. The zero-order chi connectivity index (χ0) is 12.5. The number of nitrogens with zero attached hydrogens (tertiary/aromatic N) is 3. The van der Waals surface area contributed by atoms with Crippen molar-refractivity contribution in [3.05, 3.63) is 42.5 Å². The van der Waals surface area contributed by atoms with E-state index in [2.05, 4.69) is 10.3 Å². The molecule has 0 unspecified atom stereocenters. The van der Waals surface area contributed by atoms with Crippen LogP contribution in [0, 0.1) is 0 Å². The molecule has 6 heteroatoms. The van der Waals surface area contributed by atoms with Gasteiger partial charge in [0.1, 0.15) is 11.3 Å². The molecule has 3 rings (SSSR count). The summed E-state index contributed by atoms with van der Waals surface area (Å²) in [6, 6.07) is 13.2. The minimum absolute atomic E-state index is 0. The maximum Gasteiger partial charge on any atom is 0.121 e. The molecular formula is C13H13ClN4O. The summed E-state index contributed by atoms with van der Waals surface area (Å²) in [6.45, 7) is 0. The highest BCUT2D eigenvalue weighted by molar-refractivity contribution is 5.85. The smallest absolute Gasteiger partial charge is 0.121 e. The molecule has 0 aliphatic rings. The van der Waals surface area contributed by atoms with Crippen molar-refractivity contribution in [3.63, 3.8) is 0 Å². The summed E-state index contributed by atoms with van der Waals surface area (Å²) in [5, 5.41) is 8.26. The van der Waals surface area contributed by atoms with E-state index < -0.39 is 0 Å². The Balaban J connectivity index is 0.00000133. The standard InChI is InChI=1S/C13H12N4O.ClH/c1-18-11-5-6-13-12(8-11)15-16-17(13)10-4-2-3-9(14)7-10;/h2-8H,14H2,1H3;1H. The number of methoxy groups -OCH3 is 1. The Morgan fingerprint density at radius 1 is 1.16 bits per heavy atom. The number of rotatable bonds is 2. The average Bonchev–Trinajstić information content (AvgIpc) is 2.81. The van der Waals surface area contributed by atoms with Crippen LogP contribution < -0.4 is 10.5 Å². The van der Waals surface area contributed by atoms with Crippen molar-refractivity contribution in [2.75, 3.05) is 12.8 Å². The maximum absolute atomic E-state index is 5.77. The Labute approximate surface area is 116 Å². The van der Waals surface area contributed by atoms with E-state index in [9.17, 15) is 0 Å². The molecule has 1 heterocycles. The summed E-state index contributed by atoms with van der Waals surface area (Å²) >= 11 is 0. The van der Waals surface area contributed by atoms with Crippen molar-refractivity contribution in [2.24, 2.45) is 0 Å². The van der Waals surface area contributed by atoms with E-state index in [1.807, 2.05) is 42.5 Å². The third-order valence-corrected chi connectivity index (χ3v) is 2.77. The van der Waals surface area contributed by atoms with E-state index in [1.165, 1.54) is 0 Å². The highest BCUT2D eigenvalue weighted by atomic mass is 35.5. The van der Waals surface area contributed by atoms with Gasteiger partial charge in [0.25, 0.3) is 0 Å². The molecule has 0 radical (unpaired) electrons. The van der Waals surface area contributed by atoms with E-state index >= 15 is 0 Å². The third-order valence-electron chi connectivity index (χ3n) is 2.77. The monoisotopic (exact) mass is 276 g/mol. The van der Waals surface area contributed by atoms with Crippen LogP contribution in [0.15, 0.2) is 42.5 Å². The first kappa shape index (κ1) is 13.2. The number of aromatic nitrogens is 3. The number of hydrogen-bond acceptors (Lipinski definition) is 4. The number of benzene rings is 2. The summed E-state index contributed by atoms with van der Waals surface area (Å²) in [5.41, 5.74) is 9.07. The predicted molar refractivity (Wildman–Crippen MR) is 77.1 cm³/mol. The summed E-state index contributed by atoms with van der Waals surface area (Å²) in [4.78, 5) is 0. The molecule has 0 fully saturated rings. The van der Waals surface area contributed by atoms with E-state index in [-0.39, 0.29) is 12.4 Å². The van der Waals surface area contributed by atoms with Gasteiger partial charge >= 0.3 is 0 Å². The fourth-order valence-corrected chi connectivity index (χ4v) is 1.88. The molecule has 3 aromatic rings. The zero-order valence-corrected chi connectivity index (χ0v) is 11.1. The van der Waals surface area contributed by atoms with E-state index in [0.29, 0.717) is 5.69 Å². The van der Waals surface area contributed by atoms with Crippen molar-refractivity contribution < 1.29 is 4.74 Å². The van der Waals surface area contributed by atoms with E-state index in [0.717, 1.165) is 22.5 Å². The van der Waals surface area contributed by atoms with Crippen molar-refractivity contribution in [1.29, 1.82) is 0 Å². The summed E-state index contributed by atoms with van der Waals surface area (Å²) in [5.74, 6) is 0.766. The zero-order valence-electron chi connectivity index (χ0n) is 10.3. The quantitative estimate of drug-likeness (QED) is 0.730. The number of anilines is 1. The van der Waals surface area contributed by atoms with Gasteiger partial charge in [-0.1, -0.05) is 11.3 Å². The molecule has 0 atom stereocenters. The number of ether oxygens (including phenoxy) is 1. The molecule has 0 amide bonds. The molecule has 0 bridgehead atoms. The first-order valence-corrected chi connectivity index (χ1v) is 5.53. The van der Waals surface area contributed by atoms with Crippen molar-refractivity contribution in [1.82, 2.24) is 15.0 Å². The maximum atomic E-state index is 5.77. The average molecular weight is 277 g/mol.